The first kappa shape index (κ1) is 19.9. The molecule has 0 aliphatic carbocycles. The molecule has 0 radical (unpaired) electrons. The Morgan fingerprint density at radius 2 is 1.93 bits per heavy atom. The number of anilines is 2. The van der Waals surface area contributed by atoms with Crippen molar-refractivity contribution in [1.82, 2.24) is 9.88 Å². The van der Waals surface area contributed by atoms with Crippen molar-refractivity contribution in [3.05, 3.63) is 54.2 Å². The van der Waals surface area contributed by atoms with Crippen LogP contribution >= 0.6 is 0 Å². The number of nitrogens with zero attached hydrogens (tertiary/aromatic N) is 3. The highest BCUT2D eigenvalue weighted by molar-refractivity contribution is 5.96. The molecule has 1 atom stereocenters. The molecule has 1 saturated heterocycles. The quantitative estimate of drug-likeness (QED) is 0.711. The van der Waals surface area contributed by atoms with Crippen LogP contribution in [0.25, 0.3) is 0 Å². The highest BCUT2D eigenvalue weighted by atomic mass is 16.6. The van der Waals surface area contributed by atoms with Crippen molar-refractivity contribution in [1.29, 1.82) is 0 Å². The molecule has 148 valence electrons. The van der Waals surface area contributed by atoms with Gasteiger partial charge in [-0.3, -0.25) is 4.79 Å². The summed E-state index contributed by atoms with van der Waals surface area (Å²) >= 11 is 0. The fourth-order valence-electron chi connectivity index (χ4n) is 3.47. The molecule has 6 nitrogen and oxygen atoms in total. The Bertz CT molecular complexity index is 817. The molecule has 1 aliphatic heterocycles. The van der Waals surface area contributed by atoms with E-state index in [0.717, 1.165) is 31.2 Å². The van der Waals surface area contributed by atoms with Crippen molar-refractivity contribution in [3.63, 3.8) is 0 Å². The van der Waals surface area contributed by atoms with Gasteiger partial charge in [-0.1, -0.05) is 24.3 Å². The van der Waals surface area contributed by atoms with E-state index < -0.39 is 11.7 Å². The predicted octanol–water partition coefficient (Wildman–Crippen LogP) is 4.84. The third-order valence-electron chi connectivity index (χ3n) is 4.66. The summed E-state index contributed by atoms with van der Waals surface area (Å²) in [7, 11) is 0. The van der Waals surface area contributed by atoms with Crippen LogP contribution in [0.5, 0.6) is 0 Å². The molecule has 2 heterocycles. The number of hydrogen-bond acceptors (Lipinski definition) is 4. The summed E-state index contributed by atoms with van der Waals surface area (Å²) < 4.78 is 5.67. The SMILES string of the molecule is CC(C)(C)OC(=O)N(c1ccccc1)c1ncccc1[C@@H]1CCCCN1C=O. The summed E-state index contributed by atoms with van der Waals surface area (Å²) in [5, 5.41) is 0. The molecule has 6 heteroatoms. The van der Waals surface area contributed by atoms with Crippen LogP contribution in [0.15, 0.2) is 48.7 Å². The Balaban J connectivity index is 2.08. The minimum absolute atomic E-state index is 0.108. The molecule has 1 aromatic heterocycles. The van der Waals surface area contributed by atoms with Gasteiger partial charge in [0, 0.05) is 18.3 Å². The second-order valence-corrected chi connectivity index (χ2v) is 7.92. The standard InChI is InChI=1S/C22H27N3O3/c1-22(2,3)28-21(27)25(17-10-5-4-6-11-17)20-18(12-9-14-23-20)19-13-7-8-15-24(19)16-26/h4-6,9-12,14,16,19H,7-8,13,15H2,1-3H3/t19-/m0/s1. The van der Waals surface area contributed by atoms with Gasteiger partial charge in [0.05, 0.1) is 11.7 Å². The smallest absolute Gasteiger partial charge is 0.420 e. The van der Waals surface area contributed by atoms with Crippen LogP contribution in [0.2, 0.25) is 0 Å². The molecular formula is C22H27N3O3. The summed E-state index contributed by atoms with van der Waals surface area (Å²) in [4.78, 5) is 32.6. The third-order valence-corrected chi connectivity index (χ3v) is 4.66. The Hall–Kier alpha value is -2.89. The van der Waals surface area contributed by atoms with Gasteiger partial charge in [-0.2, -0.15) is 0 Å². The van der Waals surface area contributed by atoms with Gasteiger partial charge < -0.3 is 9.64 Å². The van der Waals surface area contributed by atoms with Crippen LogP contribution in [0.4, 0.5) is 16.3 Å². The lowest BCUT2D eigenvalue weighted by molar-refractivity contribution is -0.121. The summed E-state index contributed by atoms with van der Waals surface area (Å²) in [5.74, 6) is 0.502. The lowest BCUT2D eigenvalue weighted by atomic mass is 9.96. The van der Waals surface area contributed by atoms with Gasteiger partial charge in [-0.05, 0) is 58.2 Å². The van der Waals surface area contributed by atoms with Crippen molar-refractivity contribution >= 4 is 24.0 Å². The number of ether oxygens (including phenoxy) is 1. The van der Waals surface area contributed by atoms with Crippen molar-refractivity contribution in [2.24, 2.45) is 0 Å². The van der Waals surface area contributed by atoms with E-state index >= 15 is 0 Å². The average Bonchev–Trinajstić information content (AvgIpc) is 2.68. The Kier molecular flexibility index (Phi) is 5.97. The number of carbonyl (C=O) groups is 2. The highest BCUT2D eigenvalue weighted by Crippen LogP contribution is 2.37. The first-order valence-electron chi connectivity index (χ1n) is 9.65. The normalized spacial score (nSPS) is 17.1. The maximum absolute atomic E-state index is 13.1. The van der Waals surface area contributed by atoms with E-state index in [0.29, 0.717) is 18.1 Å². The van der Waals surface area contributed by atoms with Crippen LogP contribution in [0, 0.1) is 0 Å². The van der Waals surface area contributed by atoms with Crippen LogP contribution in [0.1, 0.15) is 51.6 Å². The first-order valence-corrected chi connectivity index (χ1v) is 9.65. The number of carbonyl (C=O) groups excluding carboxylic acids is 2. The summed E-state index contributed by atoms with van der Waals surface area (Å²) in [6.07, 6.45) is 4.91. The van der Waals surface area contributed by atoms with Gasteiger partial charge in [0.2, 0.25) is 6.41 Å². The van der Waals surface area contributed by atoms with Gasteiger partial charge in [0.1, 0.15) is 11.4 Å². The summed E-state index contributed by atoms with van der Waals surface area (Å²) in [6.45, 7) is 6.22. The van der Waals surface area contributed by atoms with Crippen LogP contribution in [0.3, 0.4) is 0 Å². The molecular weight excluding hydrogens is 354 g/mol. The number of para-hydroxylation sites is 1. The van der Waals surface area contributed by atoms with E-state index in [2.05, 4.69) is 4.98 Å². The largest absolute Gasteiger partial charge is 0.443 e. The van der Waals surface area contributed by atoms with Crippen LogP contribution in [-0.4, -0.2) is 34.5 Å². The van der Waals surface area contributed by atoms with E-state index in [4.69, 9.17) is 4.74 Å². The highest BCUT2D eigenvalue weighted by Gasteiger charge is 2.32. The van der Waals surface area contributed by atoms with E-state index in [1.165, 1.54) is 4.90 Å². The zero-order valence-corrected chi connectivity index (χ0v) is 16.7. The van der Waals surface area contributed by atoms with Crippen molar-refractivity contribution in [2.45, 2.75) is 51.7 Å². The fraction of sp³-hybridized carbons (Fsp3) is 0.409. The molecule has 1 fully saturated rings. The van der Waals surface area contributed by atoms with E-state index in [1.54, 1.807) is 11.1 Å². The van der Waals surface area contributed by atoms with Crippen molar-refractivity contribution in [3.8, 4) is 0 Å². The Labute approximate surface area is 166 Å². The molecule has 1 aromatic carbocycles. The molecule has 2 amide bonds. The number of hydrogen-bond donors (Lipinski definition) is 0. The molecule has 0 N–H and O–H groups in total. The summed E-state index contributed by atoms with van der Waals surface area (Å²) in [6, 6.07) is 13.0. The van der Waals surface area contributed by atoms with Crippen LogP contribution < -0.4 is 4.90 Å². The van der Waals surface area contributed by atoms with Crippen molar-refractivity contribution < 1.29 is 14.3 Å². The molecule has 2 aromatic rings. The minimum Gasteiger partial charge on any atom is -0.443 e. The number of aromatic nitrogens is 1. The second-order valence-electron chi connectivity index (χ2n) is 7.92. The average molecular weight is 381 g/mol. The van der Waals surface area contributed by atoms with Gasteiger partial charge in [0.15, 0.2) is 0 Å². The van der Waals surface area contributed by atoms with E-state index in [-0.39, 0.29) is 6.04 Å². The maximum atomic E-state index is 13.1. The zero-order valence-electron chi connectivity index (χ0n) is 16.7. The van der Waals surface area contributed by atoms with Gasteiger partial charge in [-0.15, -0.1) is 0 Å². The lowest BCUT2D eigenvalue weighted by Gasteiger charge is -2.35. The monoisotopic (exact) mass is 381 g/mol. The maximum Gasteiger partial charge on any atom is 0.420 e. The third kappa shape index (κ3) is 4.50. The van der Waals surface area contributed by atoms with Gasteiger partial charge in [-0.25, -0.2) is 14.7 Å². The Morgan fingerprint density at radius 1 is 1.18 bits per heavy atom. The number of likely N-dealkylation sites (tertiary alicyclic amines) is 1. The predicted molar refractivity (Wildman–Crippen MR) is 108 cm³/mol. The van der Waals surface area contributed by atoms with Crippen molar-refractivity contribution in [2.75, 3.05) is 11.4 Å². The van der Waals surface area contributed by atoms with Gasteiger partial charge >= 0.3 is 6.09 Å². The summed E-state index contributed by atoms with van der Waals surface area (Å²) in [5.41, 5.74) is 0.882. The first-order chi connectivity index (χ1) is 13.4. The van der Waals surface area contributed by atoms with E-state index in [1.807, 2.05) is 63.2 Å². The molecule has 28 heavy (non-hydrogen) atoms. The topological polar surface area (TPSA) is 62.7 Å². The molecule has 0 spiro atoms. The Morgan fingerprint density at radius 3 is 2.61 bits per heavy atom. The number of benzene rings is 1. The molecule has 0 bridgehead atoms. The molecule has 0 saturated carbocycles. The number of rotatable bonds is 4. The zero-order chi connectivity index (χ0) is 20.1. The fourth-order valence-corrected chi connectivity index (χ4v) is 3.47. The van der Waals surface area contributed by atoms with Gasteiger partial charge in [0.25, 0.3) is 0 Å². The number of pyridine rings is 1. The second kappa shape index (κ2) is 8.42. The number of piperidine rings is 1. The molecule has 1 aliphatic rings. The molecule has 0 unspecified atom stereocenters. The number of amides is 2. The van der Waals surface area contributed by atoms with Crippen LogP contribution in [-0.2, 0) is 9.53 Å². The minimum atomic E-state index is -0.640. The molecule has 3 rings (SSSR count). The lowest BCUT2D eigenvalue weighted by Crippen LogP contribution is -2.37. The van der Waals surface area contributed by atoms with E-state index in [9.17, 15) is 9.59 Å².